The minimum absolute atomic E-state index is 0. The highest BCUT2D eigenvalue weighted by Gasteiger charge is 2.03. The maximum atomic E-state index is 4.62. The Morgan fingerprint density at radius 2 is 2.00 bits per heavy atom. The molecule has 0 rings (SSSR count). The second kappa shape index (κ2) is 14.4. The smallest absolute Gasteiger partial charge is 0.193 e. The van der Waals surface area contributed by atoms with Crippen LogP contribution in [0.2, 0.25) is 0 Å². The number of guanidine groups is 1. The van der Waals surface area contributed by atoms with Gasteiger partial charge in [-0.2, -0.15) is 11.8 Å². The molecule has 0 amide bonds. The number of aliphatic imine (C=N–C) groups is 1. The third-order valence-corrected chi connectivity index (χ3v) is 3.01. The molecular formula is C12H28IN3S. The number of hydrogen-bond acceptors (Lipinski definition) is 2. The van der Waals surface area contributed by atoms with Crippen molar-refractivity contribution in [1.82, 2.24) is 10.2 Å². The fourth-order valence-corrected chi connectivity index (χ4v) is 1.78. The first-order valence-electron chi connectivity index (χ1n) is 6.24. The minimum Gasteiger partial charge on any atom is -0.357 e. The van der Waals surface area contributed by atoms with E-state index in [0.717, 1.165) is 32.0 Å². The maximum Gasteiger partial charge on any atom is 0.193 e. The molecule has 0 saturated carbocycles. The number of rotatable bonds is 8. The van der Waals surface area contributed by atoms with Crippen LogP contribution in [0.3, 0.4) is 0 Å². The van der Waals surface area contributed by atoms with Crippen LogP contribution in [-0.4, -0.2) is 49.6 Å². The highest BCUT2D eigenvalue weighted by Crippen LogP contribution is 1.97. The fourth-order valence-electron chi connectivity index (χ4n) is 1.36. The zero-order valence-electron chi connectivity index (χ0n) is 11.7. The van der Waals surface area contributed by atoms with Gasteiger partial charge in [-0.15, -0.1) is 24.0 Å². The average molecular weight is 373 g/mol. The Bertz CT molecular complexity index is 189. The van der Waals surface area contributed by atoms with E-state index in [1.165, 1.54) is 18.6 Å². The molecule has 0 aromatic heterocycles. The summed E-state index contributed by atoms with van der Waals surface area (Å²) < 4.78 is 0. The van der Waals surface area contributed by atoms with E-state index in [1.807, 2.05) is 11.8 Å². The molecule has 3 nitrogen and oxygen atoms in total. The van der Waals surface area contributed by atoms with Crippen molar-refractivity contribution in [2.24, 2.45) is 4.99 Å². The zero-order valence-corrected chi connectivity index (χ0v) is 14.8. The molecule has 0 aliphatic rings. The molecule has 0 bridgehead atoms. The third-order valence-electron chi connectivity index (χ3n) is 2.31. The number of nitrogens with one attached hydrogen (secondary N) is 1. The van der Waals surface area contributed by atoms with Gasteiger partial charge in [0, 0.05) is 26.7 Å². The highest BCUT2D eigenvalue weighted by atomic mass is 127. The molecule has 17 heavy (non-hydrogen) atoms. The quantitative estimate of drug-likeness (QED) is 0.307. The summed E-state index contributed by atoms with van der Waals surface area (Å²) in [6, 6.07) is 0. The van der Waals surface area contributed by atoms with Crippen LogP contribution in [-0.2, 0) is 0 Å². The van der Waals surface area contributed by atoms with Crippen LogP contribution in [0.15, 0.2) is 4.99 Å². The van der Waals surface area contributed by atoms with E-state index in [2.05, 4.69) is 42.4 Å². The molecule has 104 valence electrons. The normalized spacial score (nSPS) is 10.9. The van der Waals surface area contributed by atoms with Gasteiger partial charge in [0.2, 0.25) is 0 Å². The summed E-state index contributed by atoms with van der Waals surface area (Å²) in [5.74, 6) is 2.25. The number of unbranched alkanes of at least 4 members (excludes halogenated alkanes) is 1. The second-order valence-corrected chi connectivity index (χ2v) is 4.84. The number of halogens is 1. The molecule has 0 radical (unpaired) electrons. The van der Waals surface area contributed by atoms with Crippen molar-refractivity contribution in [3.8, 4) is 0 Å². The lowest BCUT2D eigenvalue weighted by Gasteiger charge is -2.21. The first-order valence-corrected chi connectivity index (χ1v) is 7.64. The van der Waals surface area contributed by atoms with Crippen LogP contribution in [0.1, 0.15) is 33.1 Å². The van der Waals surface area contributed by atoms with E-state index >= 15 is 0 Å². The first-order chi connectivity index (χ1) is 7.76. The molecule has 5 heteroatoms. The van der Waals surface area contributed by atoms with Gasteiger partial charge in [-0.25, -0.2) is 0 Å². The van der Waals surface area contributed by atoms with Crippen molar-refractivity contribution in [2.75, 3.05) is 38.7 Å². The SMILES string of the molecule is CCCCN(C)C(=NCCCSC)NCC.I. The lowest BCUT2D eigenvalue weighted by atomic mass is 10.3. The Balaban J connectivity index is 0. The van der Waals surface area contributed by atoms with Gasteiger partial charge < -0.3 is 10.2 Å². The van der Waals surface area contributed by atoms with Crippen molar-refractivity contribution in [1.29, 1.82) is 0 Å². The molecule has 0 spiro atoms. The van der Waals surface area contributed by atoms with Crippen LogP contribution in [0.5, 0.6) is 0 Å². The van der Waals surface area contributed by atoms with Crippen LogP contribution < -0.4 is 5.32 Å². The van der Waals surface area contributed by atoms with Crippen LogP contribution in [0.25, 0.3) is 0 Å². The molecule has 0 saturated heterocycles. The highest BCUT2D eigenvalue weighted by molar-refractivity contribution is 14.0. The summed E-state index contributed by atoms with van der Waals surface area (Å²) in [4.78, 5) is 6.85. The van der Waals surface area contributed by atoms with E-state index in [-0.39, 0.29) is 24.0 Å². The van der Waals surface area contributed by atoms with Crippen molar-refractivity contribution in [2.45, 2.75) is 33.1 Å². The number of hydrogen-bond donors (Lipinski definition) is 1. The van der Waals surface area contributed by atoms with Gasteiger partial charge >= 0.3 is 0 Å². The molecule has 0 unspecified atom stereocenters. The summed E-state index contributed by atoms with van der Waals surface area (Å²) in [5, 5.41) is 3.34. The zero-order chi connectivity index (χ0) is 12.2. The maximum absolute atomic E-state index is 4.62. The number of nitrogens with zero attached hydrogens (tertiary/aromatic N) is 2. The summed E-state index contributed by atoms with van der Waals surface area (Å²) >= 11 is 1.89. The minimum atomic E-state index is 0. The van der Waals surface area contributed by atoms with Crippen molar-refractivity contribution < 1.29 is 0 Å². The summed E-state index contributed by atoms with van der Waals surface area (Å²) in [7, 11) is 2.12. The Hall–Kier alpha value is 0.350. The van der Waals surface area contributed by atoms with E-state index in [4.69, 9.17) is 0 Å². The van der Waals surface area contributed by atoms with Gasteiger partial charge in [-0.05, 0) is 31.8 Å². The Kier molecular flexibility index (Phi) is 16.7. The monoisotopic (exact) mass is 373 g/mol. The van der Waals surface area contributed by atoms with E-state index in [0.29, 0.717) is 0 Å². The van der Waals surface area contributed by atoms with E-state index in [1.54, 1.807) is 0 Å². The average Bonchev–Trinajstić information content (AvgIpc) is 2.30. The lowest BCUT2D eigenvalue weighted by molar-refractivity contribution is 0.465. The number of thioether (sulfide) groups is 1. The summed E-state index contributed by atoms with van der Waals surface area (Å²) in [6.07, 6.45) is 5.77. The van der Waals surface area contributed by atoms with Gasteiger partial charge in [0.15, 0.2) is 5.96 Å². The Morgan fingerprint density at radius 1 is 1.29 bits per heavy atom. The predicted octanol–water partition coefficient (Wildman–Crippen LogP) is 3.05. The van der Waals surface area contributed by atoms with Gasteiger partial charge in [-0.3, -0.25) is 4.99 Å². The van der Waals surface area contributed by atoms with Crippen molar-refractivity contribution in [3.63, 3.8) is 0 Å². The molecule has 0 fully saturated rings. The topological polar surface area (TPSA) is 27.6 Å². The molecular weight excluding hydrogens is 345 g/mol. The molecule has 0 aromatic rings. The largest absolute Gasteiger partial charge is 0.357 e. The molecule has 0 aliphatic heterocycles. The molecule has 1 N–H and O–H groups in total. The van der Waals surface area contributed by atoms with Gasteiger partial charge in [0.1, 0.15) is 0 Å². The Labute approximate surface area is 128 Å². The van der Waals surface area contributed by atoms with E-state index in [9.17, 15) is 0 Å². The van der Waals surface area contributed by atoms with Crippen molar-refractivity contribution in [3.05, 3.63) is 0 Å². The van der Waals surface area contributed by atoms with Gasteiger partial charge in [0.05, 0.1) is 0 Å². The lowest BCUT2D eigenvalue weighted by Crippen LogP contribution is -2.39. The third kappa shape index (κ3) is 11.2. The molecule has 0 atom stereocenters. The predicted molar refractivity (Wildman–Crippen MR) is 91.9 cm³/mol. The van der Waals surface area contributed by atoms with Gasteiger partial charge in [-0.1, -0.05) is 13.3 Å². The standard InChI is InChI=1S/C12H27N3S.HI/c1-5-7-10-15(3)12(13-6-2)14-9-8-11-16-4;/h5-11H2,1-4H3,(H,13,14);1H. The fraction of sp³-hybridized carbons (Fsp3) is 0.917. The summed E-state index contributed by atoms with van der Waals surface area (Å²) in [5.41, 5.74) is 0. The Morgan fingerprint density at radius 3 is 2.53 bits per heavy atom. The van der Waals surface area contributed by atoms with E-state index < -0.39 is 0 Å². The molecule has 0 aromatic carbocycles. The molecule has 0 heterocycles. The van der Waals surface area contributed by atoms with Crippen LogP contribution in [0.4, 0.5) is 0 Å². The van der Waals surface area contributed by atoms with Crippen LogP contribution >= 0.6 is 35.7 Å². The summed E-state index contributed by atoms with van der Waals surface area (Å²) in [6.45, 7) is 7.30. The van der Waals surface area contributed by atoms with Crippen molar-refractivity contribution >= 4 is 41.7 Å². The van der Waals surface area contributed by atoms with Crippen LogP contribution in [0, 0.1) is 0 Å². The molecule has 0 aliphatic carbocycles. The first kappa shape index (κ1) is 19.7. The second-order valence-electron chi connectivity index (χ2n) is 3.86. The van der Waals surface area contributed by atoms with Gasteiger partial charge in [0.25, 0.3) is 0 Å².